The number of hydrogen-bond acceptors (Lipinski definition) is 4. The number of ether oxygens (including phenoxy) is 1. The van der Waals surface area contributed by atoms with E-state index in [1.807, 2.05) is 24.3 Å². The lowest BCUT2D eigenvalue weighted by Crippen LogP contribution is -2.15. The van der Waals surface area contributed by atoms with Gasteiger partial charge in [0.05, 0.1) is 6.61 Å². The molecule has 0 radical (unpaired) electrons. The van der Waals surface area contributed by atoms with Crippen molar-refractivity contribution in [2.75, 3.05) is 25.6 Å². The van der Waals surface area contributed by atoms with Gasteiger partial charge in [-0.05, 0) is 18.1 Å². The van der Waals surface area contributed by atoms with Crippen LogP contribution in [0.3, 0.4) is 0 Å². The monoisotopic (exact) mass is 220 g/mol. The highest BCUT2D eigenvalue weighted by molar-refractivity contribution is 5.74. The summed E-state index contributed by atoms with van der Waals surface area (Å²) in [5.74, 6) is 0.431. The first-order valence-corrected chi connectivity index (χ1v) is 5.38. The maximum atomic E-state index is 5.53. The van der Waals surface area contributed by atoms with Gasteiger partial charge in [0.15, 0.2) is 5.58 Å². The molecule has 0 saturated carbocycles. The Morgan fingerprint density at radius 1 is 1.44 bits per heavy atom. The number of benzene rings is 1. The van der Waals surface area contributed by atoms with Gasteiger partial charge in [0.2, 0.25) is 0 Å². The Bertz CT molecular complexity index is 420. The molecule has 1 heterocycles. The standard InChI is InChI=1S/C12H16N2O2/c1-9(8-15-2)7-13-12-14-10-5-3-4-6-11(10)16-12/h3-6,9H,7-8H2,1-2H3,(H,13,14). The summed E-state index contributed by atoms with van der Waals surface area (Å²) in [6.07, 6.45) is 0. The van der Waals surface area contributed by atoms with Gasteiger partial charge in [0.25, 0.3) is 6.01 Å². The van der Waals surface area contributed by atoms with Gasteiger partial charge in [-0.1, -0.05) is 19.1 Å². The number of methoxy groups -OCH3 is 1. The smallest absolute Gasteiger partial charge is 0.295 e. The Morgan fingerprint density at radius 3 is 3.00 bits per heavy atom. The van der Waals surface area contributed by atoms with Gasteiger partial charge < -0.3 is 14.5 Å². The third kappa shape index (κ3) is 2.52. The van der Waals surface area contributed by atoms with E-state index < -0.39 is 0 Å². The molecule has 0 spiro atoms. The number of fused-ring (bicyclic) bond motifs is 1. The summed E-state index contributed by atoms with van der Waals surface area (Å²) in [4.78, 5) is 4.33. The summed E-state index contributed by atoms with van der Waals surface area (Å²) in [5, 5.41) is 3.16. The molecule has 2 rings (SSSR count). The van der Waals surface area contributed by atoms with E-state index in [9.17, 15) is 0 Å². The first-order valence-electron chi connectivity index (χ1n) is 5.38. The van der Waals surface area contributed by atoms with E-state index in [0.717, 1.165) is 24.3 Å². The van der Waals surface area contributed by atoms with Crippen LogP contribution in [-0.4, -0.2) is 25.2 Å². The van der Waals surface area contributed by atoms with Gasteiger partial charge in [-0.2, -0.15) is 4.98 Å². The van der Waals surface area contributed by atoms with Crippen LogP contribution in [0.2, 0.25) is 0 Å². The maximum absolute atomic E-state index is 5.53. The number of aromatic nitrogens is 1. The van der Waals surface area contributed by atoms with Crippen molar-refractivity contribution in [1.82, 2.24) is 4.98 Å². The second-order valence-electron chi connectivity index (χ2n) is 3.93. The fraction of sp³-hybridized carbons (Fsp3) is 0.417. The van der Waals surface area contributed by atoms with Crippen molar-refractivity contribution in [3.05, 3.63) is 24.3 Å². The van der Waals surface area contributed by atoms with Gasteiger partial charge in [-0.3, -0.25) is 0 Å². The predicted molar refractivity (Wildman–Crippen MR) is 63.5 cm³/mol. The minimum Gasteiger partial charge on any atom is -0.424 e. The van der Waals surface area contributed by atoms with Crippen molar-refractivity contribution in [2.24, 2.45) is 5.92 Å². The molecule has 1 atom stereocenters. The van der Waals surface area contributed by atoms with E-state index in [1.54, 1.807) is 7.11 Å². The number of hydrogen-bond donors (Lipinski definition) is 1. The van der Waals surface area contributed by atoms with Crippen LogP contribution >= 0.6 is 0 Å². The summed E-state index contributed by atoms with van der Waals surface area (Å²) in [6, 6.07) is 8.30. The van der Waals surface area contributed by atoms with Crippen molar-refractivity contribution >= 4 is 17.1 Å². The van der Waals surface area contributed by atoms with Gasteiger partial charge in [0.1, 0.15) is 5.52 Å². The Kier molecular flexibility index (Phi) is 3.41. The molecule has 0 bridgehead atoms. The van der Waals surface area contributed by atoms with Gasteiger partial charge in [-0.15, -0.1) is 0 Å². The van der Waals surface area contributed by atoms with E-state index in [4.69, 9.17) is 9.15 Å². The largest absolute Gasteiger partial charge is 0.424 e. The molecular formula is C12H16N2O2. The zero-order chi connectivity index (χ0) is 11.4. The number of nitrogens with zero attached hydrogens (tertiary/aromatic N) is 1. The average molecular weight is 220 g/mol. The number of para-hydroxylation sites is 2. The van der Waals surface area contributed by atoms with Crippen molar-refractivity contribution < 1.29 is 9.15 Å². The Balaban J connectivity index is 1.99. The third-order valence-corrected chi connectivity index (χ3v) is 2.35. The van der Waals surface area contributed by atoms with Gasteiger partial charge >= 0.3 is 0 Å². The lowest BCUT2D eigenvalue weighted by molar-refractivity contribution is 0.164. The van der Waals surface area contributed by atoms with Crippen LogP contribution < -0.4 is 5.32 Å². The number of rotatable bonds is 5. The fourth-order valence-corrected chi connectivity index (χ4v) is 1.55. The second kappa shape index (κ2) is 4.99. The van der Waals surface area contributed by atoms with Crippen LogP contribution in [0.4, 0.5) is 6.01 Å². The van der Waals surface area contributed by atoms with Crippen molar-refractivity contribution in [3.63, 3.8) is 0 Å². The maximum Gasteiger partial charge on any atom is 0.295 e. The molecule has 16 heavy (non-hydrogen) atoms. The summed E-state index contributed by atoms with van der Waals surface area (Å²) in [7, 11) is 1.70. The highest BCUT2D eigenvalue weighted by atomic mass is 16.5. The molecule has 0 fully saturated rings. The second-order valence-corrected chi connectivity index (χ2v) is 3.93. The highest BCUT2D eigenvalue weighted by Gasteiger charge is 2.06. The van der Waals surface area contributed by atoms with Gasteiger partial charge in [0, 0.05) is 13.7 Å². The summed E-state index contributed by atoms with van der Waals surface area (Å²) in [5.41, 5.74) is 1.69. The summed E-state index contributed by atoms with van der Waals surface area (Å²) < 4.78 is 10.6. The van der Waals surface area contributed by atoms with Crippen LogP contribution in [0.15, 0.2) is 28.7 Å². The number of oxazole rings is 1. The topological polar surface area (TPSA) is 47.3 Å². The molecule has 0 saturated heterocycles. The Labute approximate surface area is 94.6 Å². The average Bonchev–Trinajstić information content (AvgIpc) is 2.69. The van der Waals surface area contributed by atoms with Crippen LogP contribution in [0, 0.1) is 5.92 Å². The van der Waals surface area contributed by atoms with Crippen molar-refractivity contribution in [2.45, 2.75) is 6.92 Å². The molecule has 1 unspecified atom stereocenters. The Morgan fingerprint density at radius 2 is 2.25 bits per heavy atom. The molecule has 0 aliphatic rings. The quantitative estimate of drug-likeness (QED) is 0.841. The van der Waals surface area contributed by atoms with Crippen LogP contribution in [-0.2, 0) is 4.74 Å². The number of anilines is 1. The highest BCUT2D eigenvalue weighted by Crippen LogP contribution is 2.18. The van der Waals surface area contributed by atoms with Gasteiger partial charge in [-0.25, -0.2) is 0 Å². The number of nitrogens with one attached hydrogen (secondary N) is 1. The molecule has 4 nitrogen and oxygen atoms in total. The molecule has 86 valence electrons. The predicted octanol–water partition coefficient (Wildman–Crippen LogP) is 2.52. The molecule has 0 aliphatic heterocycles. The van der Waals surface area contributed by atoms with Crippen LogP contribution in [0.1, 0.15) is 6.92 Å². The normalized spacial score (nSPS) is 12.9. The van der Waals surface area contributed by atoms with Crippen molar-refractivity contribution in [3.8, 4) is 0 Å². The van der Waals surface area contributed by atoms with Crippen LogP contribution in [0.25, 0.3) is 11.1 Å². The molecule has 0 aliphatic carbocycles. The zero-order valence-electron chi connectivity index (χ0n) is 9.56. The minimum absolute atomic E-state index is 0.431. The van der Waals surface area contributed by atoms with E-state index in [2.05, 4.69) is 17.2 Å². The van der Waals surface area contributed by atoms with E-state index in [-0.39, 0.29) is 0 Å². The molecule has 1 N–H and O–H groups in total. The lowest BCUT2D eigenvalue weighted by Gasteiger charge is -2.09. The molecule has 0 amide bonds. The molecule has 4 heteroatoms. The zero-order valence-corrected chi connectivity index (χ0v) is 9.56. The van der Waals surface area contributed by atoms with Crippen LogP contribution in [0.5, 0.6) is 0 Å². The lowest BCUT2D eigenvalue weighted by atomic mass is 10.2. The first-order chi connectivity index (χ1) is 7.79. The van der Waals surface area contributed by atoms with Crippen molar-refractivity contribution in [1.29, 1.82) is 0 Å². The molecule has 2 aromatic rings. The molecule has 1 aromatic heterocycles. The summed E-state index contributed by atoms with van der Waals surface area (Å²) in [6.45, 7) is 3.63. The first kappa shape index (κ1) is 11.0. The third-order valence-electron chi connectivity index (χ3n) is 2.35. The molecule has 1 aromatic carbocycles. The van der Waals surface area contributed by atoms with E-state index in [1.165, 1.54) is 0 Å². The van der Waals surface area contributed by atoms with E-state index in [0.29, 0.717) is 11.9 Å². The molecular weight excluding hydrogens is 204 g/mol. The summed E-state index contributed by atoms with van der Waals surface area (Å²) >= 11 is 0. The van der Waals surface area contributed by atoms with E-state index >= 15 is 0 Å². The fourth-order valence-electron chi connectivity index (χ4n) is 1.55. The Hall–Kier alpha value is -1.55. The SMILES string of the molecule is COCC(C)CNc1nc2ccccc2o1. The minimum atomic E-state index is 0.431.